The lowest BCUT2D eigenvalue weighted by Crippen LogP contribution is -2.23. The Balaban J connectivity index is 1.93. The molecule has 0 spiro atoms. The SMILES string of the molecule is NC(=S)NN=Cc1ccc(OCc2ccc(Cl)cc2F)cc1. The molecule has 114 valence electrons. The summed E-state index contributed by atoms with van der Waals surface area (Å²) in [6.07, 6.45) is 1.57. The Hall–Kier alpha value is -2.18. The number of nitrogens with two attached hydrogens (primary N) is 1. The molecule has 0 aliphatic carbocycles. The summed E-state index contributed by atoms with van der Waals surface area (Å²) in [6.45, 7) is 0.124. The molecule has 0 amide bonds. The fraction of sp³-hybridized carbons (Fsp3) is 0.0667. The first-order chi connectivity index (χ1) is 10.5. The van der Waals surface area contributed by atoms with Crippen molar-refractivity contribution in [2.24, 2.45) is 10.8 Å². The average molecular weight is 338 g/mol. The highest BCUT2D eigenvalue weighted by molar-refractivity contribution is 7.80. The fourth-order valence-electron chi connectivity index (χ4n) is 1.62. The summed E-state index contributed by atoms with van der Waals surface area (Å²) in [4.78, 5) is 0. The minimum atomic E-state index is -0.389. The maximum absolute atomic E-state index is 13.6. The van der Waals surface area contributed by atoms with E-state index in [9.17, 15) is 4.39 Å². The molecule has 3 N–H and O–H groups in total. The molecule has 2 aromatic rings. The van der Waals surface area contributed by atoms with Crippen molar-refractivity contribution >= 4 is 35.1 Å². The number of nitrogens with zero attached hydrogens (tertiary/aromatic N) is 1. The molecule has 0 radical (unpaired) electrons. The van der Waals surface area contributed by atoms with Crippen LogP contribution in [0.4, 0.5) is 4.39 Å². The second-order valence-corrected chi connectivity index (χ2v) is 5.20. The van der Waals surface area contributed by atoms with Gasteiger partial charge in [0.05, 0.1) is 6.21 Å². The van der Waals surface area contributed by atoms with Gasteiger partial charge in [-0.3, -0.25) is 5.43 Å². The van der Waals surface area contributed by atoms with Gasteiger partial charge in [0, 0.05) is 10.6 Å². The molecule has 0 bridgehead atoms. The summed E-state index contributed by atoms with van der Waals surface area (Å²) >= 11 is 10.3. The van der Waals surface area contributed by atoms with E-state index < -0.39 is 0 Å². The van der Waals surface area contributed by atoms with E-state index in [1.807, 2.05) is 0 Å². The quantitative estimate of drug-likeness (QED) is 0.499. The van der Waals surface area contributed by atoms with Gasteiger partial charge in [-0.05, 0) is 54.2 Å². The molecule has 7 heteroatoms. The summed E-state index contributed by atoms with van der Waals surface area (Å²) < 4.78 is 19.1. The Bertz CT molecular complexity index is 692. The van der Waals surface area contributed by atoms with Crippen LogP contribution in [-0.4, -0.2) is 11.3 Å². The molecule has 0 atom stereocenters. The maximum atomic E-state index is 13.6. The second kappa shape index (κ2) is 7.72. The van der Waals surface area contributed by atoms with Gasteiger partial charge in [-0.15, -0.1) is 0 Å². The summed E-state index contributed by atoms with van der Waals surface area (Å²) in [5, 5.41) is 4.30. The van der Waals surface area contributed by atoms with Gasteiger partial charge >= 0.3 is 0 Å². The van der Waals surface area contributed by atoms with Crippen LogP contribution in [0.3, 0.4) is 0 Å². The Morgan fingerprint density at radius 3 is 2.68 bits per heavy atom. The highest BCUT2D eigenvalue weighted by Crippen LogP contribution is 2.18. The number of ether oxygens (including phenoxy) is 1. The van der Waals surface area contributed by atoms with E-state index in [1.165, 1.54) is 6.07 Å². The van der Waals surface area contributed by atoms with Crippen LogP contribution in [0.25, 0.3) is 0 Å². The molecule has 0 aliphatic heterocycles. The highest BCUT2D eigenvalue weighted by atomic mass is 35.5. The first kappa shape index (κ1) is 16.2. The van der Waals surface area contributed by atoms with Gasteiger partial charge in [0.25, 0.3) is 0 Å². The Labute approximate surface area is 137 Å². The first-order valence-electron chi connectivity index (χ1n) is 6.30. The van der Waals surface area contributed by atoms with E-state index in [1.54, 1.807) is 42.6 Å². The van der Waals surface area contributed by atoms with Crippen LogP contribution < -0.4 is 15.9 Å². The van der Waals surface area contributed by atoms with Crippen molar-refractivity contribution in [1.29, 1.82) is 0 Å². The van der Waals surface area contributed by atoms with Crippen molar-refractivity contribution in [3.63, 3.8) is 0 Å². The number of benzene rings is 2. The van der Waals surface area contributed by atoms with E-state index in [2.05, 4.69) is 22.7 Å². The summed E-state index contributed by atoms with van der Waals surface area (Å²) in [7, 11) is 0. The van der Waals surface area contributed by atoms with Crippen molar-refractivity contribution < 1.29 is 9.13 Å². The number of halogens is 2. The van der Waals surface area contributed by atoms with Gasteiger partial charge in [0.2, 0.25) is 0 Å². The zero-order valence-corrected chi connectivity index (χ0v) is 13.0. The molecule has 0 saturated carbocycles. The zero-order valence-electron chi connectivity index (χ0n) is 11.4. The van der Waals surface area contributed by atoms with Crippen LogP contribution in [0.1, 0.15) is 11.1 Å². The van der Waals surface area contributed by atoms with Gasteiger partial charge < -0.3 is 10.5 Å². The van der Waals surface area contributed by atoms with Crippen LogP contribution in [0.2, 0.25) is 5.02 Å². The fourth-order valence-corrected chi connectivity index (χ4v) is 1.83. The minimum Gasteiger partial charge on any atom is -0.489 e. The Morgan fingerprint density at radius 2 is 2.05 bits per heavy atom. The van der Waals surface area contributed by atoms with Crippen molar-refractivity contribution in [1.82, 2.24) is 5.43 Å². The topological polar surface area (TPSA) is 59.6 Å². The number of thiocarbonyl (C=S) groups is 1. The zero-order chi connectivity index (χ0) is 15.9. The van der Waals surface area contributed by atoms with Crippen molar-refractivity contribution in [3.05, 3.63) is 64.4 Å². The van der Waals surface area contributed by atoms with Crippen LogP contribution >= 0.6 is 23.8 Å². The van der Waals surface area contributed by atoms with Crippen molar-refractivity contribution in [3.8, 4) is 5.75 Å². The predicted molar refractivity (Wildman–Crippen MR) is 89.7 cm³/mol. The third kappa shape index (κ3) is 4.98. The molecule has 0 aliphatic rings. The van der Waals surface area contributed by atoms with Crippen LogP contribution in [0.15, 0.2) is 47.6 Å². The molecule has 0 saturated heterocycles. The summed E-state index contributed by atoms with van der Waals surface area (Å²) in [6, 6.07) is 11.6. The third-order valence-electron chi connectivity index (χ3n) is 2.68. The predicted octanol–water partition coefficient (Wildman–Crippen LogP) is 3.23. The van der Waals surface area contributed by atoms with E-state index in [0.717, 1.165) is 5.56 Å². The summed E-state index contributed by atoms with van der Waals surface area (Å²) in [5.74, 6) is 0.230. The maximum Gasteiger partial charge on any atom is 0.184 e. The molecular weight excluding hydrogens is 325 g/mol. The standard InChI is InChI=1S/C15H13ClFN3OS/c16-12-4-3-11(14(17)7-12)9-21-13-5-1-10(2-6-13)8-19-20-15(18)22/h1-8H,9H2,(H3,18,20,22). The van der Waals surface area contributed by atoms with Crippen LogP contribution in [0, 0.1) is 5.82 Å². The Morgan fingerprint density at radius 1 is 1.32 bits per heavy atom. The number of hydrogen-bond acceptors (Lipinski definition) is 3. The molecular formula is C15H13ClFN3OS. The first-order valence-corrected chi connectivity index (χ1v) is 7.08. The average Bonchev–Trinajstić information content (AvgIpc) is 2.47. The molecule has 2 rings (SSSR count). The van der Waals surface area contributed by atoms with E-state index in [0.29, 0.717) is 16.3 Å². The molecule has 2 aromatic carbocycles. The smallest absolute Gasteiger partial charge is 0.184 e. The number of hydrazone groups is 1. The Kier molecular flexibility index (Phi) is 5.68. The van der Waals surface area contributed by atoms with Gasteiger partial charge in [0.1, 0.15) is 18.2 Å². The van der Waals surface area contributed by atoms with Crippen molar-refractivity contribution in [2.45, 2.75) is 6.61 Å². The van der Waals surface area contributed by atoms with E-state index >= 15 is 0 Å². The van der Waals surface area contributed by atoms with E-state index in [4.69, 9.17) is 22.1 Å². The lowest BCUT2D eigenvalue weighted by atomic mass is 10.2. The summed E-state index contributed by atoms with van der Waals surface area (Å²) in [5.41, 5.74) is 8.99. The number of nitrogens with one attached hydrogen (secondary N) is 1. The molecule has 0 unspecified atom stereocenters. The molecule has 4 nitrogen and oxygen atoms in total. The number of hydrogen-bond donors (Lipinski definition) is 2. The number of rotatable bonds is 5. The molecule has 22 heavy (non-hydrogen) atoms. The second-order valence-electron chi connectivity index (χ2n) is 4.33. The van der Waals surface area contributed by atoms with Gasteiger partial charge in [-0.25, -0.2) is 4.39 Å². The van der Waals surface area contributed by atoms with Crippen LogP contribution in [-0.2, 0) is 6.61 Å². The third-order valence-corrected chi connectivity index (χ3v) is 3.00. The minimum absolute atomic E-state index is 0.0983. The largest absolute Gasteiger partial charge is 0.489 e. The van der Waals surface area contributed by atoms with E-state index in [-0.39, 0.29) is 17.5 Å². The molecule has 0 heterocycles. The lowest BCUT2D eigenvalue weighted by molar-refractivity contribution is 0.300. The molecule has 0 fully saturated rings. The van der Waals surface area contributed by atoms with Gasteiger partial charge in [-0.1, -0.05) is 17.7 Å². The normalized spacial score (nSPS) is 10.6. The highest BCUT2D eigenvalue weighted by Gasteiger charge is 2.04. The monoisotopic (exact) mass is 337 g/mol. The van der Waals surface area contributed by atoms with Gasteiger partial charge in [-0.2, -0.15) is 5.10 Å². The van der Waals surface area contributed by atoms with Crippen LogP contribution in [0.5, 0.6) is 5.75 Å². The lowest BCUT2D eigenvalue weighted by Gasteiger charge is -2.07. The van der Waals surface area contributed by atoms with Crippen molar-refractivity contribution in [2.75, 3.05) is 0 Å². The molecule has 0 aromatic heterocycles. The van der Waals surface area contributed by atoms with Gasteiger partial charge in [0.15, 0.2) is 5.11 Å².